The summed E-state index contributed by atoms with van der Waals surface area (Å²) in [5, 5.41) is 0.983. The van der Waals surface area contributed by atoms with Gasteiger partial charge < -0.3 is 4.90 Å². The highest BCUT2D eigenvalue weighted by atomic mass is 16.1. The van der Waals surface area contributed by atoms with E-state index in [1.165, 1.54) is 0 Å². The monoisotopic (exact) mass is 226 g/mol. The zero-order chi connectivity index (χ0) is 12.3. The lowest BCUT2D eigenvalue weighted by Gasteiger charge is -2.03. The van der Waals surface area contributed by atoms with E-state index in [0.717, 1.165) is 10.9 Å². The van der Waals surface area contributed by atoms with E-state index in [9.17, 15) is 4.79 Å². The first-order chi connectivity index (χ1) is 8.16. The van der Waals surface area contributed by atoms with E-state index in [1.807, 2.05) is 43.3 Å². The lowest BCUT2D eigenvalue weighted by Crippen LogP contribution is -2.03. The maximum absolute atomic E-state index is 11.9. The van der Waals surface area contributed by atoms with Gasteiger partial charge >= 0.3 is 0 Å². The molecule has 0 fully saturated rings. The number of hydrogen-bond acceptors (Lipinski definition) is 3. The van der Waals surface area contributed by atoms with Gasteiger partial charge in [-0.2, -0.15) is 0 Å². The number of nitrogens with zero attached hydrogens (tertiary/aromatic N) is 2. The summed E-state index contributed by atoms with van der Waals surface area (Å²) in [6.07, 6.45) is 5.06. The number of hydrogen-bond donors (Lipinski definition) is 0. The van der Waals surface area contributed by atoms with Crippen molar-refractivity contribution in [3.63, 3.8) is 0 Å². The first-order valence-corrected chi connectivity index (χ1v) is 5.40. The summed E-state index contributed by atoms with van der Waals surface area (Å²) in [5.41, 5.74) is 1.59. The van der Waals surface area contributed by atoms with Gasteiger partial charge in [0.1, 0.15) is 0 Å². The number of benzene rings is 1. The quantitative estimate of drug-likeness (QED) is 0.595. The van der Waals surface area contributed by atoms with Crippen LogP contribution in [0, 0.1) is 0 Å². The molecule has 0 saturated heterocycles. The summed E-state index contributed by atoms with van der Waals surface area (Å²) < 4.78 is 0. The molecule has 0 N–H and O–H groups in total. The van der Waals surface area contributed by atoms with Crippen molar-refractivity contribution >= 4 is 16.7 Å². The van der Waals surface area contributed by atoms with Crippen molar-refractivity contribution in [3.8, 4) is 0 Å². The van der Waals surface area contributed by atoms with E-state index >= 15 is 0 Å². The van der Waals surface area contributed by atoms with Crippen LogP contribution in [0.15, 0.2) is 48.8 Å². The first-order valence-electron chi connectivity index (χ1n) is 5.40. The van der Waals surface area contributed by atoms with Gasteiger partial charge in [-0.3, -0.25) is 9.78 Å². The van der Waals surface area contributed by atoms with Gasteiger partial charge in [0.25, 0.3) is 0 Å². The summed E-state index contributed by atoms with van der Waals surface area (Å²) in [6, 6.07) is 9.36. The Kier molecular flexibility index (Phi) is 3.19. The van der Waals surface area contributed by atoms with Crippen LogP contribution < -0.4 is 0 Å². The van der Waals surface area contributed by atoms with Crippen molar-refractivity contribution in [1.82, 2.24) is 9.88 Å². The van der Waals surface area contributed by atoms with Gasteiger partial charge in [-0.25, -0.2) is 0 Å². The minimum Gasteiger partial charge on any atom is -0.383 e. The van der Waals surface area contributed by atoms with Crippen molar-refractivity contribution in [3.05, 3.63) is 54.4 Å². The Balaban J connectivity index is 2.33. The maximum Gasteiger partial charge on any atom is 0.187 e. The lowest BCUT2D eigenvalue weighted by atomic mass is 10.1. The highest BCUT2D eigenvalue weighted by Gasteiger charge is 2.03. The standard InChI is InChI=1S/C14H14N2O/c1-16(2)9-7-14(17)12-5-6-13-11(10-12)4-3-8-15-13/h3-10H,1-2H3/b9-7+. The molecule has 0 aliphatic carbocycles. The predicted molar refractivity (Wildman–Crippen MR) is 68.9 cm³/mol. The largest absolute Gasteiger partial charge is 0.383 e. The molecule has 86 valence electrons. The van der Waals surface area contributed by atoms with E-state index in [1.54, 1.807) is 24.5 Å². The summed E-state index contributed by atoms with van der Waals surface area (Å²) in [4.78, 5) is 17.9. The van der Waals surface area contributed by atoms with Crippen molar-refractivity contribution in [2.75, 3.05) is 14.1 Å². The van der Waals surface area contributed by atoms with Crippen molar-refractivity contribution in [2.45, 2.75) is 0 Å². The number of aromatic nitrogens is 1. The molecule has 1 aromatic carbocycles. The van der Waals surface area contributed by atoms with E-state index < -0.39 is 0 Å². The maximum atomic E-state index is 11.9. The Bertz CT molecular complexity index is 573. The van der Waals surface area contributed by atoms with Gasteiger partial charge in [-0.15, -0.1) is 0 Å². The Hall–Kier alpha value is -2.16. The molecule has 0 aliphatic heterocycles. The van der Waals surface area contributed by atoms with Gasteiger partial charge in [-0.05, 0) is 24.3 Å². The van der Waals surface area contributed by atoms with Crippen molar-refractivity contribution < 1.29 is 4.79 Å². The number of pyridine rings is 1. The lowest BCUT2D eigenvalue weighted by molar-refractivity contribution is 0.104. The molecule has 0 atom stereocenters. The third-order valence-electron chi connectivity index (χ3n) is 2.41. The summed E-state index contributed by atoms with van der Waals surface area (Å²) >= 11 is 0. The van der Waals surface area contributed by atoms with Crippen LogP contribution in [-0.4, -0.2) is 29.8 Å². The molecule has 1 heterocycles. The molecule has 0 aliphatic rings. The van der Waals surface area contributed by atoms with E-state index in [0.29, 0.717) is 5.56 Å². The molecule has 3 nitrogen and oxygen atoms in total. The minimum absolute atomic E-state index is 0.00412. The molecule has 0 amide bonds. The fourth-order valence-corrected chi connectivity index (χ4v) is 1.54. The second-order valence-corrected chi connectivity index (χ2v) is 4.05. The molecule has 0 spiro atoms. The van der Waals surface area contributed by atoms with E-state index in [2.05, 4.69) is 4.98 Å². The van der Waals surface area contributed by atoms with Crippen LogP contribution in [0.5, 0.6) is 0 Å². The SMILES string of the molecule is CN(C)/C=C/C(=O)c1ccc2ncccc2c1. The molecule has 3 heteroatoms. The Morgan fingerprint density at radius 3 is 2.88 bits per heavy atom. The molecule has 17 heavy (non-hydrogen) atoms. The molecular weight excluding hydrogens is 212 g/mol. The fourth-order valence-electron chi connectivity index (χ4n) is 1.54. The number of fused-ring (bicyclic) bond motifs is 1. The number of rotatable bonds is 3. The third kappa shape index (κ3) is 2.69. The smallest absolute Gasteiger partial charge is 0.187 e. The number of carbonyl (C=O) groups excluding carboxylic acids is 1. The number of ketones is 1. The molecule has 2 rings (SSSR count). The predicted octanol–water partition coefficient (Wildman–Crippen LogP) is 2.49. The van der Waals surface area contributed by atoms with Crippen LogP contribution in [0.25, 0.3) is 10.9 Å². The van der Waals surface area contributed by atoms with Gasteiger partial charge in [0, 0.05) is 43.5 Å². The Morgan fingerprint density at radius 2 is 2.12 bits per heavy atom. The summed E-state index contributed by atoms with van der Waals surface area (Å²) in [5.74, 6) is 0.00412. The molecule has 0 saturated carbocycles. The zero-order valence-corrected chi connectivity index (χ0v) is 9.92. The molecule has 0 bridgehead atoms. The van der Waals surface area contributed by atoms with Crippen LogP contribution in [0.1, 0.15) is 10.4 Å². The third-order valence-corrected chi connectivity index (χ3v) is 2.41. The average molecular weight is 226 g/mol. The van der Waals surface area contributed by atoms with Crippen LogP contribution >= 0.6 is 0 Å². The van der Waals surface area contributed by atoms with Gasteiger partial charge in [0.15, 0.2) is 5.78 Å². The Labute approximate surface area is 100 Å². The topological polar surface area (TPSA) is 33.2 Å². The number of carbonyl (C=O) groups is 1. The molecular formula is C14H14N2O. The summed E-state index contributed by atoms with van der Waals surface area (Å²) in [6.45, 7) is 0. The zero-order valence-electron chi connectivity index (χ0n) is 9.92. The fraction of sp³-hybridized carbons (Fsp3) is 0.143. The minimum atomic E-state index is 0.00412. The van der Waals surface area contributed by atoms with Crippen molar-refractivity contribution in [2.24, 2.45) is 0 Å². The summed E-state index contributed by atoms with van der Waals surface area (Å²) in [7, 11) is 3.77. The molecule has 0 radical (unpaired) electrons. The molecule has 2 aromatic rings. The number of allylic oxidation sites excluding steroid dienone is 1. The Morgan fingerprint density at radius 1 is 1.29 bits per heavy atom. The van der Waals surface area contributed by atoms with Crippen molar-refractivity contribution in [1.29, 1.82) is 0 Å². The highest BCUT2D eigenvalue weighted by molar-refractivity contribution is 6.06. The molecule has 0 unspecified atom stereocenters. The second kappa shape index (κ2) is 4.78. The van der Waals surface area contributed by atoms with Crippen LogP contribution in [0.2, 0.25) is 0 Å². The normalized spacial score (nSPS) is 10.9. The first kappa shape index (κ1) is 11.3. The second-order valence-electron chi connectivity index (χ2n) is 4.05. The van der Waals surface area contributed by atoms with E-state index in [4.69, 9.17) is 0 Å². The van der Waals surface area contributed by atoms with Crippen LogP contribution in [0.3, 0.4) is 0 Å². The highest BCUT2D eigenvalue weighted by Crippen LogP contribution is 2.14. The van der Waals surface area contributed by atoms with E-state index in [-0.39, 0.29) is 5.78 Å². The van der Waals surface area contributed by atoms with Gasteiger partial charge in [0.2, 0.25) is 0 Å². The van der Waals surface area contributed by atoms with Gasteiger partial charge in [-0.1, -0.05) is 6.07 Å². The van der Waals surface area contributed by atoms with Crippen LogP contribution in [0.4, 0.5) is 0 Å². The average Bonchev–Trinajstić information content (AvgIpc) is 2.35. The van der Waals surface area contributed by atoms with Crippen LogP contribution in [-0.2, 0) is 0 Å². The molecule has 1 aromatic heterocycles. The van der Waals surface area contributed by atoms with Gasteiger partial charge in [0.05, 0.1) is 5.52 Å².